The van der Waals surface area contributed by atoms with E-state index in [1.54, 1.807) is 40.0 Å². The van der Waals surface area contributed by atoms with Crippen molar-refractivity contribution in [1.82, 2.24) is 15.1 Å². The number of nitrogens with zero attached hydrogens (tertiary/aromatic N) is 2. The molecule has 0 spiro atoms. The maximum Gasteiger partial charge on any atom is 0.287 e. The Hall–Kier alpha value is -2.68. The Kier molecular flexibility index (Phi) is 4.61. The minimum absolute atomic E-state index is 0.0150. The number of amides is 3. The lowest BCUT2D eigenvalue weighted by atomic mass is 10.0. The maximum atomic E-state index is 13.2. The summed E-state index contributed by atoms with van der Waals surface area (Å²) in [4.78, 5) is 42.2. The molecule has 0 aromatic carbocycles. The first-order valence-electron chi connectivity index (χ1n) is 9.73. The molecule has 5 rings (SSSR count). The first-order chi connectivity index (χ1) is 14.1. The standard InChI is InChI=1S/C20H21N3O5S/c24-18(14-4-2-10-28-14)21-13-5-7-22-16(13)19(25)23-8-6-15(17(23)20(22)26)29-11-12-3-1-9-27-12/h1-4,9-10,13,15-17H,5-8,11H2,(H,21,24). The molecule has 2 aromatic heterocycles. The number of rotatable bonds is 5. The molecule has 29 heavy (non-hydrogen) atoms. The highest BCUT2D eigenvalue weighted by Crippen LogP contribution is 2.38. The van der Waals surface area contributed by atoms with Crippen LogP contribution in [0.25, 0.3) is 0 Å². The van der Waals surface area contributed by atoms with E-state index in [0.29, 0.717) is 25.3 Å². The molecule has 3 aliphatic rings. The van der Waals surface area contributed by atoms with Gasteiger partial charge in [-0.15, -0.1) is 11.8 Å². The summed E-state index contributed by atoms with van der Waals surface area (Å²) in [7, 11) is 0. The average molecular weight is 415 g/mol. The van der Waals surface area contributed by atoms with Crippen molar-refractivity contribution < 1.29 is 23.2 Å². The molecule has 8 nitrogen and oxygen atoms in total. The van der Waals surface area contributed by atoms with Crippen molar-refractivity contribution in [3.63, 3.8) is 0 Å². The number of furan rings is 2. The summed E-state index contributed by atoms with van der Waals surface area (Å²) in [6, 6.07) is 5.51. The highest BCUT2D eigenvalue weighted by molar-refractivity contribution is 7.99. The summed E-state index contributed by atoms with van der Waals surface area (Å²) >= 11 is 1.66. The molecule has 4 atom stereocenters. The van der Waals surface area contributed by atoms with Gasteiger partial charge in [0.05, 0.1) is 24.3 Å². The molecule has 1 N–H and O–H groups in total. The summed E-state index contributed by atoms with van der Waals surface area (Å²) in [5.74, 6) is 1.29. The monoisotopic (exact) mass is 415 g/mol. The Morgan fingerprint density at radius 2 is 1.76 bits per heavy atom. The van der Waals surface area contributed by atoms with Crippen LogP contribution in [0, 0.1) is 0 Å². The number of thioether (sulfide) groups is 1. The van der Waals surface area contributed by atoms with Crippen LogP contribution in [-0.2, 0) is 15.3 Å². The molecule has 4 unspecified atom stereocenters. The Labute approximate surface area is 171 Å². The molecule has 0 aliphatic carbocycles. The van der Waals surface area contributed by atoms with Crippen LogP contribution in [0.2, 0.25) is 0 Å². The van der Waals surface area contributed by atoms with Gasteiger partial charge in [0.15, 0.2) is 5.76 Å². The number of fused-ring (bicyclic) bond motifs is 2. The van der Waals surface area contributed by atoms with Gasteiger partial charge in [0.2, 0.25) is 11.8 Å². The number of hydrogen-bond acceptors (Lipinski definition) is 6. The third kappa shape index (κ3) is 3.13. The van der Waals surface area contributed by atoms with E-state index in [9.17, 15) is 14.4 Å². The summed E-state index contributed by atoms with van der Waals surface area (Å²) in [5, 5.41) is 2.92. The van der Waals surface area contributed by atoms with Crippen LogP contribution in [0.15, 0.2) is 45.6 Å². The van der Waals surface area contributed by atoms with E-state index in [2.05, 4.69) is 5.32 Å². The van der Waals surface area contributed by atoms with E-state index in [1.807, 2.05) is 12.1 Å². The summed E-state index contributed by atoms with van der Waals surface area (Å²) in [6.45, 7) is 1.03. The third-order valence-corrected chi connectivity index (χ3v) is 7.27. The Morgan fingerprint density at radius 3 is 2.52 bits per heavy atom. The molecule has 0 radical (unpaired) electrons. The molecule has 3 saturated heterocycles. The highest BCUT2D eigenvalue weighted by atomic mass is 32.2. The third-order valence-electron chi connectivity index (χ3n) is 5.89. The Morgan fingerprint density at radius 1 is 1.03 bits per heavy atom. The zero-order valence-corrected chi connectivity index (χ0v) is 16.5. The second-order valence-electron chi connectivity index (χ2n) is 7.52. The van der Waals surface area contributed by atoms with Crippen LogP contribution in [0.1, 0.15) is 29.2 Å². The molecule has 3 amide bonds. The van der Waals surface area contributed by atoms with Crippen LogP contribution < -0.4 is 5.32 Å². The molecule has 3 fully saturated rings. The number of nitrogens with one attached hydrogen (secondary N) is 1. The second kappa shape index (κ2) is 7.29. The first kappa shape index (κ1) is 18.4. The maximum absolute atomic E-state index is 13.2. The van der Waals surface area contributed by atoms with E-state index < -0.39 is 18.1 Å². The molecule has 2 aromatic rings. The number of carbonyl (C=O) groups is 3. The number of carbonyl (C=O) groups excluding carboxylic acids is 3. The minimum atomic E-state index is -0.633. The van der Waals surface area contributed by atoms with Gasteiger partial charge in [-0.25, -0.2) is 0 Å². The highest BCUT2D eigenvalue weighted by Gasteiger charge is 2.56. The van der Waals surface area contributed by atoms with E-state index in [4.69, 9.17) is 8.83 Å². The smallest absolute Gasteiger partial charge is 0.287 e. The lowest BCUT2D eigenvalue weighted by molar-refractivity contribution is -0.157. The fourth-order valence-corrected chi connectivity index (χ4v) is 5.81. The van der Waals surface area contributed by atoms with Crippen LogP contribution in [0.4, 0.5) is 0 Å². The van der Waals surface area contributed by atoms with Crippen molar-refractivity contribution in [3.8, 4) is 0 Å². The summed E-state index contributed by atoms with van der Waals surface area (Å²) in [6.07, 6.45) is 4.40. The van der Waals surface area contributed by atoms with E-state index in [-0.39, 0.29) is 28.7 Å². The second-order valence-corrected chi connectivity index (χ2v) is 8.74. The van der Waals surface area contributed by atoms with Crippen molar-refractivity contribution >= 4 is 29.5 Å². The van der Waals surface area contributed by atoms with Gasteiger partial charge in [-0.05, 0) is 37.1 Å². The number of piperazine rings is 1. The van der Waals surface area contributed by atoms with Crippen molar-refractivity contribution in [2.75, 3.05) is 13.1 Å². The van der Waals surface area contributed by atoms with Gasteiger partial charge < -0.3 is 24.0 Å². The van der Waals surface area contributed by atoms with Crippen LogP contribution in [0.5, 0.6) is 0 Å². The molecular weight excluding hydrogens is 394 g/mol. The first-order valence-corrected chi connectivity index (χ1v) is 10.8. The van der Waals surface area contributed by atoms with Crippen molar-refractivity contribution in [1.29, 1.82) is 0 Å². The van der Waals surface area contributed by atoms with Crippen LogP contribution in [-0.4, -0.2) is 64.0 Å². The lowest BCUT2D eigenvalue weighted by Crippen LogP contribution is -2.65. The zero-order chi connectivity index (χ0) is 20.0. The fourth-order valence-electron chi connectivity index (χ4n) is 4.55. The largest absolute Gasteiger partial charge is 0.468 e. The van der Waals surface area contributed by atoms with Gasteiger partial charge in [0.1, 0.15) is 17.8 Å². The minimum Gasteiger partial charge on any atom is -0.468 e. The predicted molar refractivity (Wildman–Crippen MR) is 104 cm³/mol. The molecule has 0 saturated carbocycles. The van der Waals surface area contributed by atoms with Gasteiger partial charge >= 0.3 is 0 Å². The van der Waals surface area contributed by atoms with E-state index in [0.717, 1.165) is 12.2 Å². The normalized spacial score (nSPS) is 28.6. The molecule has 152 valence electrons. The van der Waals surface area contributed by atoms with Crippen molar-refractivity contribution in [2.24, 2.45) is 0 Å². The summed E-state index contributed by atoms with van der Waals surface area (Å²) in [5.41, 5.74) is 0. The fraction of sp³-hybridized carbons (Fsp3) is 0.450. The van der Waals surface area contributed by atoms with Gasteiger partial charge in [-0.2, -0.15) is 0 Å². The Bertz CT molecular complexity index is 913. The van der Waals surface area contributed by atoms with Crippen molar-refractivity contribution in [3.05, 3.63) is 48.3 Å². The van der Waals surface area contributed by atoms with Gasteiger partial charge in [-0.3, -0.25) is 14.4 Å². The lowest BCUT2D eigenvalue weighted by Gasteiger charge is -2.41. The van der Waals surface area contributed by atoms with Crippen LogP contribution in [0.3, 0.4) is 0 Å². The molecular formula is C20H21N3O5S. The van der Waals surface area contributed by atoms with E-state index >= 15 is 0 Å². The van der Waals surface area contributed by atoms with E-state index in [1.165, 1.54) is 6.26 Å². The average Bonchev–Trinajstić information content (AvgIpc) is 3.51. The van der Waals surface area contributed by atoms with Gasteiger partial charge in [0.25, 0.3) is 5.91 Å². The van der Waals surface area contributed by atoms with Crippen LogP contribution >= 0.6 is 11.8 Å². The zero-order valence-electron chi connectivity index (χ0n) is 15.7. The Balaban J connectivity index is 1.29. The molecule has 3 aliphatic heterocycles. The molecule has 5 heterocycles. The van der Waals surface area contributed by atoms with Gasteiger partial charge in [-0.1, -0.05) is 0 Å². The number of hydrogen-bond donors (Lipinski definition) is 1. The molecule has 9 heteroatoms. The summed E-state index contributed by atoms with van der Waals surface area (Å²) < 4.78 is 10.5. The SMILES string of the molecule is O=C(NC1CCN2C(=O)C3C(SCc4ccco4)CCN3C(=O)C12)c1ccco1. The molecule has 0 bridgehead atoms. The topological polar surface area (TPSA) is 96.0 Å². The predicted octanol–water partition coefficient (Wildman–Crippen LogP) is 1.49. The van der Waals surface area contributed by atoms with Gasteiger partial charge in [0, 0.05) is 18.3 Å². The van der Waals surface area contributed by atoms with Crippen molar-refractivity contribution in [2.45, 2.75) is 42.0 Å². The quantitative estimate of drug-likeness (QED) is 0.795.